The largest absolute Gasteiger partial charge is 0.370 e. The van der Waals surface area contributed by atoms with Crippen molar-refractivity contribution in [3.05, 3.63) is 35.9 Å². The van der Waals surface area contributed by atoms with Gasteiger partial charge in [-0.3, -0.25) is 9.79 Å². The summed E-state index contributed by atoms with van der Waals surface area (Å²) in [5, 5.41) is 3.53. The van der Waals surface area contributed by atoms with Gasteiger partial charge in [-0.2, -0.15) is 0 Å². The van der Waals surface area contributed by atoms with E-state index in [2.05, 4.69) is 58.5 Å². The van der Waals surface area contributed by atoms with Crippen molar-refractivity contribution in [2.75, 3.05) is 40.8 Å². The Morgan fingerprint density at radius 2 is 2.07 bits per heavy atom. The smallest absolute Gasteiger partial charge is 0.217 e. The third-order valence-electron chi connectivity index (χ3n) is 5.06. The first-order valence-corrected chi connectivity index (χ1v) is 9.43. The van der Waals surface area contributed by atoms with Crippen LogP contribution < -0.4 is 11.1 Å². The minimum absolute atomic E-state index is 0. The first-order chi connectivity index (χ1) is 12.5. The number of nitrogens with two attached hydrogens (primary N) is 1. The summed E-state index contributed by atoms with van der Waals surface area (Å²) in [5.74, 6) is 1.03. The van der Waals surface area contributed by atoms with E-state index in [1.54, 1.807) is 0 Å². The topological polar surface area (TPSA) is 74.0 Å². The molecule has 1 heterocycles. The molecule has 1 amide bonds. The van der Waals surface area contributed by atoms with Gasteiger partial charge in [0.1, 0.15) is 0 Å². The van der Waals surface area contributed by atoms with Gasteiger partial charge < -0.3 is 20.9 Å². The molecule has 152 valence electrons. The van der Waals surface area contributed by atoms with Crippen molar-refractivity contribution in [1.29, 1.82) is 0 Å². The lowest BCUT2D eigenvalue weighted by atomic mass is 9.95. The number of aliphatic imine (C=N–C) groups is 1. The lowest BCUT2D eigenvalue weighted by molar-refractivity contribution is -0.119. The fraction of sp³-hybridized carbons (Fsp3) is 0.600. The molecule has 1 fully saturated rings. The van der Waals surface area contributed by atoms with Crippen LogP contribution in [0.15, 0.2) is 35.3 Å². The SMILES string of the molecule is CN=C(NCC(Cc1ccccc1)N(C)C)N1CCCC(CC(N)=O)C1.I. The Labute approximate surface area is 180 Å². The van der Waals surface area contributed by atoms with Gasteiger partial charge in [0, 0.05) is 39.1 Å². The van der Waals surface area contributed by atoms with Crippen LogP contribution in [0.1, 0.15) is 24.8 Å². The van der Waals surface area contributed by atoms with E-state index in [0.29, 0.717) is 18.4 Å². The van der Waals surface area contributed by atoms with Crippen LogP contribution in [-0.4, -0.2) is 68.5 Å². The molecule has 3 N–H and O–H groups in total. The van der Waals surface area contributed by atoms with Gasteiger partial charge in [-0.25, -0.2) is 0 Å². The Morgan fingerprint density at radius 1 is 1.37 bits per heavy atom. The van der Waals surface area contributed by atoms with E-state index in [-0.39, 0.29) is 29.9 Å². The number of likely N-dealkylation sites (N-methyl/N-ethyl adjacent to an activating group) is 1. The maximum absolute atomic E-state index is 11.2. The number of primary amides is 1. The maximum Gasteiger partial charge on any atom is 0.217 e. The number of carbonyl (C=O) groups is 1. The molecule has 0 aliphatic carbocycles. The van der Waals surface area contributed by atoms with E-state index in [0.717, 1.165) is 44.9 Å². The number of amides is 1. The van der Waals surface area contributed by atoms with Gasteiger partial charge in [0.15, 0.2) is 5.96 Å². The normalized spacial score (nSPS) is 18.7. The van der Waals surface area contributed by atoms with Crippen molar-refractivity contribution < 1.29 is 4.79 Å². The number of halogens is 1. The summed E-state index contributed by atoms with van der Waals surface area (Å²) in [6.07, 6.45) is 3.58. The zero-order valence-corrected chi connectivity index (χ0v) is 19.1. The maximum atomic E-state index is 11.2. The number of hydrogen-bond acceptors (Lipinski definition) is 3. The fourth-order valence-corrected chi connectivity index (χ4v) is 3.57. The molecule has 27 heavy (non-hydrogen) atoms. The van der Waals surface area contributed by atoms with E-state index in [9.17, 15) is 4.79 Å². The van der Waals surface area contributed by atoms with Gasteiger partial charge >= 0.3 is 0 Å². The molecule has 0 spiro atoms. The van der Waals surface area contributed by atoms with Gasteiger partial charge in [-0.05, 0) is 44.8 Å². The van der Waals surface area contributed by atoms with Gasteiger partial charge in [0.05, 0.1) is 0 Å². The lowest BCUT2D eigenvalue weighted by Gasteiger charge is -2.35. The van der Waals surface area contributed by atoms with Crippen molar-refractivity contribution >= 4 is 35.8 Å². The molecular formula is C20H34IN5O. The third kappa shape index (κ3) is 8.04. The van der Waals surface area contributed by atoms with Crippen molar-refractivity contribution in [2.45, 2.75) is 31.7 Å². The number of guanidine groups is 1. The second-order valence-corrected chi connectivity index (χ2v) is 7.36. The molecule has 1 aromatic rings. The summed E-state index contributed by atoms with van der Waals surface area (Å²) in [6, 6.07) is 10.9. The van der Waals surface area contributed by atoms with Gasteiger partial charge in [-0.1, -0.05) is 30.3 Å². The van der Waals surface area contributed by atoms with Crippen LogP contribution in [0.25, 0.3) is 0 Å². The van der Waals surface area contributed by atoms with Crippen LogP contribution in [0.2, 0.25) is 0 Å². The van der Waals surface area contributed by atoms with Crippen molar-refractivity contribution in [1.82, 2.24) is 15.1 Å². The Morgan fingerprint density at radius 3 is 2.67 bits per heavy atom. The fourth-order valence-electron chi connectivity index (χ4n) is 3.57. The molecule has 6 nitrogen and oxygen atoms in total. The number of nitrogens with zero attached hydrogens (tertiary/aromatic N) is 3. The molecule has 0 bridgehead atoms. The number of carbonyl (C=O) groups excluding carboxylic acids is 1. The van der Waals surface area contributed by atoms with Crippen molar-refractivity contribution in [2.24, 2.45) is 16.6 Å². The zero-order chi connectivity index (χ0) is 18.9. The Kier molecular flexibility index (Phi) is 10.7. The van der Waals surface area contributed by atoms with E-state index in [1.165, 1.54) is 5.56 Å². The number of piperidine rings is 1. The van der Waals surface area contributed by atoms with E-state index >= 15 is 0 Å². The van der Waals surface area contributed by atoms with Gasteiger partial charge in [-0.15, -0.1) is 24.0 Å². The first kappa shape index (κ1) is 23.7. The molecule has 1 aliphatic heterocycles. The molecule has 2 unspecified atom stereocenters. The highest BCUT2D eigenvalue weighted by atomic mass is 127. The van der Waals surface area contributed by atoms with Crippen LogP contribution >= 0.6 is 24.0 Å². The van der Waals surface area contributed by atoms with Crippen LogP contribution in [0.5, 0.6) is 0 Å². The predicted octanol–water partition coefficient (Wildman–Crippen LogP) is 1.94. The number of benzene rings is 1. The summed E-state index contributed by atoms with van der Waals surface area (Å²) in [7, 11) is 6.05. The number of nitrogens with one attached hydrogen (secondary N) is 1. The Balaban J connectivity index is 0.00000364. The van der Waals surface area contributed by atoms with Gasteiger partial charge in [0.2, 0.25) is 5.91 Å². The number of rotatable bonds is 7. The third-order valence-corrected chi connectivity index (χ3v) is 5.06. The summed E-state index contributed by atoms with van der Waals surface area (Å²) >= 11 is 0. The highest BCUT2D eigenvalue weighted by Crippen LogP contribution is 2.19. The molecule has 0 saturated carbocycles. The van der Waals surface area contributed by atoms with Crippen molar-refractivity contribution in [3.63, 3.8) is 0 Å². The standard InChI is InChI=1S/C20H33N5O.HI/c1-22-20(25-11-7-10-17(15-25)13-19(21)26)23-14-18(24(2)3)12-16-8-5-4-6-9-16;/h4-6,8-9,17-18H,7,10-15H2,1-3H3,(H2,21,26)(H,22,23);1H. The average Bonchev–Trinajstić information content (AvgIpc) is 2.61. The summed E-state index contributed by atoms with van der Waals surface area (Å²) in [6.45, 7) is 2.64. The monoisotopic (exact) mass is 487 g/mol. The molecule has 1 aromatic carbocycles. The molecule has 1 saturated heterocycles. The second kappa shape index (κ2) is 12.2. The Bertz CT molecular complexity index is 593. The van der Waals surface area contributed by atoms with Crippen molar-refractivity contribution in [3.8, 4) is 0 Å². The zero-order valence-electron chi connectivity index (χ0n) is 16.7. The summed E-state index contributed by atoms with van der Waals surface area (Å²) in [5.41, 5.74) is 6.71. The highest BCUT2D eigenvalue weighted by Gasteiger charge is 2.24. The lowest BCUT2D eigenvalue weighted by Crippen LogP contribution is -2.50. The molecular weight excluding hydrogens is 453 g/mol. The van der Waals surface area contributed by atoms with Crippen LogP contribution in [0, 0.1) is 5.92 Å². The van der Waals surface area contributed by atoms with Crippen LogP contribution in [0.3, 0.4) is 0 Å². The summed E-state index contributed by atoms with van der Waals surface area (Å²) < 4.78 is 0. The quantitative estimate of drug-likeness (QED) is 0.350. The average molecular weight is 487 g/mol. The second-order valence-electron chi connectivity index (χ2n) is 7.36. The van der Waals surface area contributed by atoms with Crippen LogP contribution in [-0.2, 0) is 11.2 Å². The molecule has 0 aromatic heterocycles. The summed E-state index contributed by atoms with van der Waals surface area (Å²) in [4.78, 5) is 20.2. The minimum Gasteiger partial charge on any atom is -0.370 e. The van der Waals surface area contributed by atoms with Gasteiger partial charge in [0.25, 0.3) is 0 Å². The molecule has 7 heteroatoms. The molecule has 2 atom stereocenters. The predicted molar refractivity (Wildman–Crippen MR) is 123 cm³/mol. The minimum atomic E-state index is -0.213. The molecule has 0 radical (unpaired) electrons. The first-order valence-electron chi connectivity index (χ1n) is 9.43. The Hall–Kier alpha value is -1.35. The van der Waals surface area contributed by atoms with E-state index in [1.807, 2.05) is 13.1 Å². The van der Waals surface area contributed by atoms with Crippen LogP contribution in [0.4, 0.5) is 0 Å². The van der Waals surface area contributed by atoms with E-state index in [4.69, 9.17) is 5.73 Å². The number of hydrogen-bond donors (Lipinski definition) is 2. The highest BCUT2D eigenvalue weighted by molar-refractivity contribution is 14.0. The molecule has 2 rings (SSSR count). The van der Waals surface area contributed by atoms with E-state index < -0.39 is 0 Å². The number of likely N-dealkylation sites (tertiary alicyclic amines) is 1. The molecule has 1 aliphatic rings.